The molecule has 0 fully saturated rings. The average Bonchev–Trinajstić information content (AvgIpc) is 2.97. The van der Waals surface area contributed by atoms with Crippen molar-refractivity contribution >= 4 is 5.97 Å². The van der Waals surface area contributed by atoms with Crippen LogP contribution in [0, 0.1) is 0 Å². The van der Waals surface area contributed by atoms with Crippen LogP contribution in [-0.2, 0) is 9.53 Å². The molecule has 2 aliphatic carbocycles. The summed E-state index contributed by atoms with van der Waals surface area (Å²) >= 11 is 0. The summed E-state index contributed by atoms with van der Waals surface area (Å²) < 4.78 is 4.86. The second kappa shape index (κ2) is 5.15. The van der Waals surface area contributed by atoms with Gasteiger partial charge < -0.3 is 4.74 Å². The lowest BCUT2D eigenvalue weighted by atomic mass is 10.0. The Bertz CT molecular complexity index is 372. The fourth-order valence-corrected chi connectivity index (χ4v) is 2.32. The van der Waals surface area contributed by atoms with Gasteiger partial charge in [0.05, 0.1) is 12.7 Å². The molecule has 2 heteroatoms. The fraction of sp³-hybridized carbons (Fsp3) is 0.500. The lowest BCUT2D eigenvalue weighted by Gasteiger charge is -2.07. The molecule has 0 aromatic rings. The van der Waals surface area contributed by atoms with Crippen LogP contribution in [0.5, 0.6) is 0 Å². The second-order valence-electron chi connectivity index (χ2n) is 4.34. The van der Waals surface area contributed by atoms with Crippen LogP contribution in [0.3, 0.4) is 0 Å². The van der Waals surface area contributed by atoms with Gasteiger partial charge in [-0.15, -0.1) is 0 Å². The van der Waals surface area contributed by atoms with Gasteiger partial charge in [0.25, 0.3) is 0 Å². The summed E-state index contributed by atoms with van der Waals surface area (Å²) in [7, 11) is 1.45. The van der Waals surface area contributed by atoms with Crippen molar-refractivity contribution in [1.29, 1.82) is 0 Å². The first-order chi connectivity index (χ1) is 7.81. The first-order valence-electron chi connectivity index (χ1n) is 5.99. The van der Waals surface area contributed by atoms with Crippen molar-refractivity contribution in [3.8, 4) is 0 Å². The van der Waals surface area contributed by atoms with E-state index in [1.807, 2.05) is 6.08 Å². The summed E-state index contributed by atoms with van der Waals surface area (Å²) in [6.07, 6.45) is 13.1. The van der Waals surface area contributed by atoms with Gasteiger partial charge in [-0.05, 0) is 50.2 Å². The number of allylic oxidation sites excluding steroid dienone is 4. The molecular weight excluding hydrogens is 200 g/mol. The molecule has 0 saturated carbocycles. The number of carbonyl (C=O) groups excluding carboxylic acids is 1. The van der Waals surface area contributed by atoms with Crippen LogP contribution in [0.1, 0.15) is 38.5 Å². The Morgan fingerprint density at radius 1 is 1.25 bits per heavy atom. The molecule has 2 nitrogen and oxygen atoms in total. The minimum Gasteiger partial charge on any atom is -0.465 e. The number of ether oxygens (including phenoxy) is 1. The summed E-state index contributed by atoms with van der Waals surface area (Å²) in [5.41, 5.74) is 3.22. The molecule has 0 atom stereocenters. The van der Waals surface area contributed by atoms with Crippen molar-refractivity contribution in [3.05, 3.63) is 34.9 Å². The maximum atomic E-state index is 11.7. The highest BCUT2D eigenvalue weighted by Crippen LogP contribution is 2.28. The monoisotopic (exact) mass is 218 g/mol. The fourth-order valence-electron chi connectivity index (χ4n) is 2.32. The summed E-state index contributed by atoms with van der Waals surface area (Å²) in [6, 6.07) is 0. The van der Waals surface area contributed by atoms with Crippen LogP contribution in [-0.4, -0.2) is 13.1 Å². The third-order valence-corrected chi connectivity index (χ3v) is 3.20. The summed E-state index contributed by atoms with van der Waals surface area (Å²) in [6.45, 7) is 0. The van der Waals surface area contributed by atoms with Gasteiger partial charge in [-0.2, -0.15) is 0 Å². The molecule has 0 radical (unpaired) electrons. The third kappa shape index (κ3) is 2.43. The maximum Gasteiger partial charge on any atom is 0.338 e. The molecule has 16 heavy (non-hydrogen) atoms. The lowest BCUT2D eigenvalue weighted by Crippen LogP contribution is -2.06. The second-order valence-corrected chi connectivity index (χ2v) is 4.34. The summed E-state index contributed by atoms with van der Waals surface area (Å²) in [4.78, 5) is 11.7. The number of esters is 1. The van der Waals surface area contributed by atoms with E-state index in [2.05, 4.69) is 12.2 Å². The molecule has 0 saturated heterocycles. The first-order valence-corrected chi connectivity index (χ1v) is 5.99. The Morgan fingerprint density at radius 3 is 2.56 bits per heavy atom. The Morgan fingerprint density at radius 2 is 2.00 bits per heavy atom. The van der Waals surface area contributed by atoms with E-state index in [-0.39, 0.29) is 5.97 Å². The Hall–Kier alpha value is -1.31. The molecule has 2 aliphatic rings. The molecule has 0 amide bonds. The lowest BCUT2D eigenvalue weighted by molar-refractivity contribution is -0.135. The van der Waals surface area contributed by atoms with Gasteiger partial charge in [-0.1, -0.05) is 17.7 Å². The van der Waals surface area contributed by atoms with Crippen LogP contribution in [0.4, 0.5) is 0 Å². The molecule has 0 aromatic heterocycles. The topological polar surface area (TPSA) is 26.3 Å². The molecule has 86 valence electrons. The molecule has 0 aromatic carbocycles. The summed E-state index contributed by atoms with van der Waals surface area (Å²) in [5.74, 6) is -0.194. The molecule has 0 N–H and O–H groups in total. The van der Waals surface area contributed by atoms with Crippen molar-refractivity contribution in [2.24, 2.45) is 0 Å². The van der Waals surface area contributed by atoms with Crippen molar-refractivity contribution in [1.82, 2.24) is 0 Å². The Labute approximate surface area is 96.7 Å². The first kappa shape index (κ1) is 11.2. The molecule has 0 unspecified atom stereocenters. The smallest absolute Gasteiger partial charge is 0.338 e. The van der Waals surface area contributed by atoms with Gasteiger partial charge in [0.15, 0.2) is 0 Å². The van der Waals surface area contributed by atoms with E-state index in [4.69, 9.17) is 4.74 Å². The maximum absolute atomic E-state index is 11.7. The van der Waals surface area contributed by atoms with E-state index in [0.717, 1.165) is 37.7 Å². The number of hydrogen-bond donors (Lipinski definition) is 0. The quantitative estimate of drug-likeness (QED) is 0.536. The highest BCUT2D eigenvalue weighted by molar-refractivity contribution is 5.94. The van der Waals surface area contributed by atoms with Crippen molar-refractivity contribution in [3.63, 3.8) is 0 Å². The number of hydrogen-bond acceptors (Lipinski definition) is 2. The molecule has 0 aliphatic heterocycles. The van der Waals surface area contributed by atoms with E-state index >= 15 is 0 Å². The Balaban J connectivity index is 2.23. The van der Waals surface area contributed by atoms with Crippen LogP contribution in [0.2, 0.25) is 0 Å². The zero-order valence-electron chi connectivity index (χ0n) is 9.79. The van der Waals surface area contributed by atoms with E-state index in [0.29, 0.717) is 0 Å². The van der Waals surface area contributed by atoms with Gasteiger partial charge >= 0.3 is 5.97 Å². The number of carbonyl (C=O) groups is 1. The van der Waals surface area contributed by atoms with Crippen LogP contribution in [0.25, 0.3) is 0 Å². The zero-order valence-corrected chi connectivity index (χ0v) is 9.79. The molecule has 2 rings (SSSR count). The van der Waals surface area contributed by atoms with Crippen molar-refractivity contribution in [2.45, 2.75) is 38.5 Å². The van der Waals surface area contributed by atoms with Crippen molar-refractivity contribution in [2.75, 3.05) is 7.11 Å². The van der Waals surface area contributed by atoms with E-state index < -0.39 is 0 Å². The van der Waals surface area contributed by atoms with Crippen LogP contribution < -0.4 is 0 Å². The normalized spacial score (nSPS) is 20.7. The Kier molecular flexibility index (Phi) is 3.60. The van der Waals surface area contributed by atoms with Gasteiger partial charge in [-0.3, -0.25) is 0 Å². The predicted octanol–water partition coefficient (Wildman–Crippen LogP) is 3.31. The van der Waals surface area contributed by atoms with Crippen LogP contribution in [0.15, 0.2) is 34.9 Å². The SMILES string of the molecule is COC(=O)/C(=C\C1=CCCC1)C1=CCCC1. The van der Waals surface area contributed by atoms with E-state index in [1.165, 1.54) is 24.7 Å². The zero-order chi connectivity index (χ0) is 11.4. The molecular formula is C14H18O2. The average molecular weight is 218 g/mol. The highest BCUT2D eigenvalue weighted by atomic mass is 16.5. The minimum absolute atomic E-state index is 0.194. The standard InChI is InChI=1S/C14H18O2/c1-16-14(15)13(12-8-4-5-9-12)10-11-6-2-3-7-11/h6,8,10H,2-5,7,9H2,1H3/b13-10-. The molecule has 0 spiro atoms. The minimum atomic E-state index is -0.194. The van der Waals surface area contributed by atoms with Gasteiger partial charge in [-0.25, -0.2) is 4.79 Å². The van der Waals surface area contributed by atoms with E-state index in [1.54, 1.807) is 0 Å². The number of rotatable bonds is 3. The summed E-state index contributed by atoms with van der Waals surface area (Å²) in [5, 5.41) is 0. The third-order valence-electron chi connectivity index (χ3n) is 3.20. The van der Waals surface area contributed by atoms with Gasteiger partial charge in [0, 0.05) is 0 Å². The van der Waals surface area contributed by atoms with Crippen molar-refractivity contribution < 1.29 is 9.53 Å². The molecule has 0 bridgehead atoms. The predicted molar refractivity (Wildman–Crippen MR) is 64.0 cm³/mol. The highest BCUT2D eigenvalue weighted by Gasteiger charge is 2.18. The molecule has 0 heterocycles. The van der Waals surface area contributed by atoms with Gasteiger partial charge in [0.1, 0.15) is 0 Å². The van der Waals surface area contributed by atoms with Crippen LogP contribution >= 0.6 is 0 Å². The number of methoxy groups -OCH3 is 1. The van der Waals surface area contributed by atoms with Gasteiger partial charge in [0.2, 0.25) is 0 Å². The van der Waals surface area contributed by atoms with E-state index in [9.17, 15) is 4.79 Å². The largest absolute Gasteiger partial charge is 0.465 e.